The normalized spacial score (nSPS) is 11.9. The minimum Gasteiger partial charge on any atom is -0.318 e. The van der Waals surface area contributed by atoms with E-state index in [1.807, 2.05) is 67.6 Å². The van der Waals surface area contributed by atoms with E-state index in [2.05, 4.69) is 5.16 Å². The Morgan fingerprint density at radius 3 is 2.39 bits per heavy atom. The Bertz CT molecular complexity index is 1620. The molecule has 0 aliphatic carbocycles. The molecule has 5 rings (SSSR count). The molecule has 0 bridgehead atoms. The number of non-ortho nitro benzene ring substituents is 1. The average molecular weight is 455 g/mol. The highest BCUT2D eigenvalue weighted by atomic mass is 32.1. The summed E-state index contributed by atoms with van der Waals surface area (Å²) in [4.78, 5) is 28.0. The Morgan fingerprint density at radius 2 is 1.67 bits per heavy atom. The molecule has 5 aromatic rings. The molecule has 0 aliphatic heterocycles. The molecule has 4 aromatic carbocycles. The molecule has 0 saturated heterocycles. The van der Waals surface area contributed by atoms with E-state index in [1.54, 1.807) is 23.5 Å². The second-order valence-corrected chi connectivity index (χ2v) is 8.78. The Morgan fingerprint density at radius 1 is 0.939 bits per heavy atom. The largest absolute Gasteiger partial charge is 0.332 e. The molecular formula is C26H18N2O4S. The van der Waals surface area contributed by atoms with Crippen LogP contribution in [0.3, 0.4) is 0 Å². The third-order valence-corrected chi connectivity index (χ3v) is 6.81. The van der Waals surface area contributed by atoms with Gasteiger partial charge in [-0.25, -0.2) is 4.79 Å². The fourth-order valence-electron chi connectivity index (χ4n) is 4.08. The molecule has 0 saturated carbocycles. The first-order valence-corrected chi connectivity index (χ1v) is 11.1. The van der Waals surface area contributed by atoms with Gasteiger partial charge in [-0.2, -0.15) is 0 Å². The molecule has 0 atom stereocenters. The van der Waals surface area contributed by atoms with Crippen molar-refractivity contribution in [3.63, 3.8) is 0 Å². The molecule has 0 N–H and O–H groups in total. The van der Waals surface area contributed by atoms with Gasteiger partial charge in [0.15, 0.2) is 0 Å². The zero-order chi connectivity index (χ0) is 23.1. The fraction of sp³-hybridized carbons (Fsp3) is 0.0769. The van der Waals surface area contributed by atoms with Crippen molar-refractivity contribution in [3.05, 3.63) is 99.6 Å². The van der Waals surface area contributed by atoms with E-state index in [9.17, 15) is 14.9 Å². The lowest BCUT2D eigenvalue weighted by atomic mass is 9.96. The molecule has 0 radical (unpaired) electrons. The van der Waals surface area contributed by atoms with Gasteiger partial charge in [0.1, 0.15) is 5.71 Å². The van der Waals surface area contributed by atoms with Crippen LogP contribution in [0.1, 0.15) is 23.6 Å². The van der Waals surface area contributed by atoms with Gasteiger partial charge in [-0.15, -0.1) is 11.3 Å². The van der Waals surface area contributed by atoms with Gasteiger partial charge in [0, 0.05) is 49.7 Å². The highest BCUT2D eigenvalue weighted by molar-refractivity contribution is 7.26. The van der Waals surface area contributed by atoms with Crippen LogP contribution in [0.2, 0.25) is 0 Å². The summed E-state index contributed by atoms with van der Waals surface area (Å²) in [6, 6.07) is 22.7. The molecule has 1 aromatic heterocycles. The number of hydrogen-bond donors (Lipinski definition) is 0. The lowest BCUT2D eigenvalue weighted by molar-refractivity contribution is -0.382. The third kappa shape index (κ3) is 3.62. The molecule has 0 unspecified atom stereocenters. The SMILES string of the molecule is CC(=O)O/N=C(/c1ccc2sc3c4ccccc4c([N+](=O)[O-])cc3c2c1)c1ccccc1C. The van der Waals surface area contributed by atoms with Crippen molar-refractivity contribution in [1.82, 2.24) is 0 Å². The van der Waals surface area contributed by atoms with Gasteiger partial charge in [-0.1, -0.05) is 53.7 Å². The first kappa shape index (κ1) is 20.8. The number of rotatable bonds is 4. The summed E-state index contributed by atoms with van der Waals surface area (Å²) in [5, 5.41) is 19.2. The van der Waals surface area contributed by atoms with E-state index in [0.717, 1.165) is 42.2 Å². The maximum atomic E-state index is 11.8. The maximum absolute atomic E-state index is 11.8. The summed E-state index contributed by atoms with van der Waals surface area (Å²) in [6.07, 6.45) is 0. The first-order chi connectivity index (χ1) is 15.9. The van der Waals surface area contributed by atoms with E-state index in [4.69, 9.17) is 4.84 Å². The number of nitro groups is 1. The predicted octanol–water partition coefficient (Wildman–Crippen LogP) is 6.74. The molecule has 1 heterocycles. The highest BCUT2D eigenvalue weighted by Gasteiger charge is 2.19. The van der Waals surface area contributed by atoms with Crippen LogP contribution in [0.15, 0.2) is 78.0 Å². The molecule has 6 nitrogen and oxygen atoms in total. The van der Waals surface area contributed by atoms with Crippen LogP contribution in [0.4, 0.5) is 5.69 Å². The van der Waals surface area contributed by atoms with E-state index in [0.29, 0.717) is 11.1 Å². The molecular weight excluding hydrogens is 436 g/mol. The minimum atomic E-state index is -0.509. The quantitative estimate of drug-likeness (QED) is 0.130. The Hall–Kier alpha value is -4.10. The van der Waals surface area contributed by atoms with Crippen molar-refractivity contribution < 1.29 is 14.6 Å². The summed E-state index contributed by atoms with van der Waals surface area (Å²) in [7, 11) is 0. The van der Waals surface area contributed by atoms with Crippen molar-refractivity contribution in [1.29, 1.82) is 0 Å². The molecule has 0 fully saturated rings. The lowest BCUT2D eigenvalue weighted by Crippen LogP contribution is -2.07. The predicted molar refractivity (Wildman–Crippen MR) is 132 cm³/mol. The van der Waals surface area contributed by atoms with Gasteiger partial charge in [-0.05, 0) is 30.7 Å². The van der Waals surface area contributed by atoms with Crippen LogP contribution in [0, 0.1) is 17.0 Å². The molecule has 0 spiro atoms. The Balaban J connectivity index is 1.80. The van der Waals surface area contributed by atoms with Crippen molar-refractivity contribution in [2.75, 3.05) is 0 Å². The standard InChI is InChI=1S/C26H18N2O4S/c1-15-7-3-4-8-18(15)25(27-32-16(2)29)17-11-12-24-21(13-17)22-14-23(28(30)31)19-9-5-6-10-20(19)26(22)33-24/h3-14H,1-2H3/b27-25-. The van der Waals surface area contributed by atoms with Crippen molar-refractivity contribution in [2.45, 2.75) is 13.8 Å². The molecule has 7 heteroatoms. The topological polar surface area (TPSA) is 81.8 Å². The van der Waals surface area contributed by atoms with Crippen LogP contribution in [0.5, 0.6) is 0 Å². The van der Waals surface area contributed by atoms with Gasteiger partial charge in [-0.3, -0.25) is 10.1 Å². The number of carbonyl (C=O) groups is 1. The minimum absolute atomic E-state index is 0.0795. The maximum Gasteiger partial charge on any atom is 0.332 e. The molecule has 162 valence electrons. The summed E-state index contributed by atoms with van der Waals surface area (Å²) in [5.74, 6) is -0.509. The molecule has 0 aliphatic rings. The van der Waals surface area contributed by atoms with Crippen LogP contribution >= 0.6 is 11.3 Å². The number of aryl methyl sites for hydroxylation is 1. The number of nitrogens with zero attached hydrogens (tertiary/aromatic N) is 2. The summed E-state index contributed by atoms with van der Waals surface area (Å²) in [5.41, 5.74) is 3.19. The second-order valence-electron chi connectivity index (χ2n) is 7.73. The number of fused-ring (bicyclic) bond motifs is 5. The van der Waals surface area contributed by atoms with Gasteiger partial charge < -0.3 is 4.84 Å². The highest BCUT2D eigenvalue weighted by Crippen LogP contribution is 2.42. The number of thiophene rings is 1. The number of oxime groups is 1. The Labute approximate surface area is 192 Å². The number of benzene rings is 4. The average Bonchev–Trinajstić information content (AvgIpc) is 3.18. The van der Waals surface area contributed by atoms with Crippen LogP contribution in [-0.4, -0.2) is 16.6 Å². The first-order valence-electron chi connectivity index (χ1n) is 10.3. The van der Waals surface area contributed by atoms with Gasteiger partial charge in [0.05, 0.1) is 10.3 Å². The zero-order valence-corrected chi connectivity index (χ0v) is 18.7. The van der Waals surface area contributed by atoms with E-state index in [-0.39, 0.29) is 10.6 Å². The van der Waals surface area contributed by atoms with Crippen molar-refractivity contribution >= 4 is 59.6 Å². The van der Waals surface area contributed by atoms with E-state index >= 15 is 0 Å². The van der Waals surface area contributed by atoms with Gasteiger partial charge in [0.2, 0.25) is 0 Å². The summed E-state index contributed by atoms with van der Waals surface area (Å²) < 4.78 is 2.01. The van der Waals surface area contributed by atoms with Crippen molar-refractivity contribution in [3.8, 4) is 0 Å². The van der Waals surface area contributed by atoms with Crippen LogP contribution in [-0.2, 0) is 9.63 Å². The van der Waals surface area contributed by atoms with Crippen LogP contribution in [0.25, 0.3) is 30.9 Å². The van der Waals surface area contributed by atoms with Gasteiger partial charge in [0.25, 0.3) is 5.69 Å². The van der Waals surface area contributed by atoms with Gasteiger partial charge >= 0.3 is 5.97 Å². The summed E-state index contributed by atoms with van der Waals surface area (Å²) in [6.45, 7) is 3.27. The van der Waals surface area contributed by atoms with Crippen molar-refractivity contribution in [2.24, 2.45) is 5.16 Å². The van der Waals surface area contributed by atoms with Crippen LogP contribution < -0.4 is 0 Å². The molecule has 33 heavy (non-hydrogen) atoms. The van der Waals surface area contributed by atoms with E-state index < -0.39 is 5.97 Å². The number of hydrogen-bond acceptors (Lipinski definition) is 6. The monoisotopic (exact) mass is 454 g/mol. The molecule has 0 amide bonds. The summed E-state index contributed by atoms with van der Waals surface area (Å²) >= 11 is 1.60. The number of carbonyl (C=O) groups excluding carboxylic acids is 1. The van der Waals surface area contributed by atoms with E-state index in [1.165, 1.54) is 6.92 Å². The fourth-order valence-corrected chi connectivity index (χ4v) is 5.28. The number of nitro benzene ring substituents is 1. The zero-order valence-electron chi connectivity index (χ0n) is 17.9. The second kappa shape index (κ2) is 8.11. The third-order valence-electron chi connectivity index (χ3n) is 5.59. The lowest BCUT2D eigenvalue weighted by Gasteiger charge is -2.10. The smallest absolute Gasteiger partial charge is 0.318 e. The Kier molecular flexibility index (Phi) is 5.11.